The molecule has 1 aromatic rings. The molecule has 0 fully saturated rings. The van der Waals surface area contributed by atoms with E-state index in [2.05, 4.69) is 26.8 Å². The lowest BCUT2D eigenvalue weighted by Gasteiger charge is -2.03. The molecule has 0 saturated carbocycles. The summed E-state index contributed by atoms with van der Waals surface area (Å²) in [5.74, 6) is 0. The highest BCUT2D eigenvalue weighted by atomic mass is 14.2. The van der Waals surface area contributed by atoms with E-state index in [-0.39, 0.29) is 0 Å². The van der Waals surface area contributed by atoms with E-state index in [0.29, 0.717) is 0 Å². The summed E-state index contributed by atoms with van der Waals surface area (Å²) in [5, 5.41) is 8.64. The van der Waals surface area contributed by atoms with Crippen LogP contribution in [-0.4, -0.2) is 0 Å². The summed E-state index contributed by atoms with van der Waals surface area (Å²) in [6, 6.07) is 9.89. The molecule has 1 nitrogen and oxygen atoms in total. The Morgan fingerprint density at radius 1 is 1.14 bits per heavy atom. The fraction of sp³-hybridized carbons (Fsp3) is 0.308. The molecule has 0 amide bonds. The maximum Gasteiger partial charge on any atom is 0.0991 e. The van der Waals surface area contributed by atoms with Crippen molar-refractivity contribution in [3.05, 3.63) is 46.5 Å². The van der Waals surface area contributed by atoms with Gasteiger partial charge >= 0.3 is 0 Å². The first-order chi connectivity index (χ1) is 6.63. The highest BCUT2D eigenvalue weighted by Crippen LogP contribution is 2.12. The van der Waals surface area contributed by atoms with Crippen LogP contribution >= 0.6 is 0 Å². The van der Waals surface area contributed by atoms with E-state index < -0.39 is 0 Å². The SMILES string of the molecule is CC(C)=C(C)Cc1ccc(C#N)cc1. The standard InChI is InChI=1S/C13H15N/c1-10(2)11(3)8-12-4-6-13(9-14)7-5-12/h4-7H,8H2,1-3H3. The van der Waals surface area contributed by atoms with Crippen molar-refractivity contribution in [1.29, 1.82) is 5.26 Å². The molecule has 0 spiro atoms. The second-order valence-corrected chi connectivity index (χ2v) is 3.77. The fourth-order valence-corrected chi connectivity index (χ4v) is 1.18. The van der Waals surface area contributed by atoms with Crippen LogP contribution in [-0.2, 0) is 6.42 Å². The van der Waals surface area contributed by atoms with Crippen LogP contribution in [0, 0.1) is 11.3 Å². The number of hydrogen-bond donors (Lipinski definition) is 0. The molecular formula is C13H15N. The summed E-state index contributed by atoms with van der Waals surface area (Å²) >= 11 is 0. The predicted molar refractivity (Wildman–Crippen MR) is 58.9 cm³/mol. The van der Waals surface area contributed by atoms with Gasteiger partial charge in [0.2, 0.25) is 0 Å². The van der Waals surface area contributed by atoms with Crippen LogP contribution in [0.2, 0.25) is 0 Å². The van der Waals surface area contributed by atoms with Gasteiger partial charge in [-0.05, 0) is 44.9 Å². The van der Waals surface area contributed by atoms with Gasteiger partial charge in [-0.1, -0.05) is 23.3 Å². The second-order valence-electron chi connectivity index (χ2n) is 3.77. The number of rotatable bonds is 2. The minimum Gasteiger partial charge on any atom is -0.192 e. The normalized spacial score (nSPS) is 9.29. The van der Waals surface area contributed by atoms with Gasteiger partial charge < -0.3 is 0 Å². The van der Waals surface area contributed by atoms with E-state index in [0.717, 1.165) is 12.0 Å². The molecule has 1 rings (SSSR count). The molecule has 0 saturated heterocycles. The van der Waals surface area contributed by atoms with Crippen molar-refractivity contribution in [1.82, 2.24) is 0 Å². The summed E-state index contributed by atoms with van der Waals surface area (Å²) < 4.78 is 0. The van der Waals surface area contributed by atoms with Gasteiger partial charge in [0.05, 0.1) is 11.6 Å². The number of benzene rings is 1. The van der Waals surface area contributed by atoms with E-state index in [1.165, 1.54) is 16.7 Å². The van der Waals surface area contributed by atoms with Crippen molar-refractivity contribution in [3.8, 4) is 6.07 Å². The minimum atomic E-state index is 0.726. The van der Waals surface area contributed by atoms with Gasteiger partial charge in [-0.15, -0.1) is 0 Å². The Labute approximate surface area is 85.7 Å². The number of nitrogens with zero attached hydrogens (tertiary/aromatic N) is 1. The van der Waals surface area contributed by atoms with Gasteiger partial charge in [0, 0.05) is 0 Å². The first-order valence-corrected chi connectivity index (χ1v) is 4.75. The monoisotopic (exact) mass is 185 g/mol. The third kappa shape index (κ3) is 2.74. The van der Waals surface area contributed by atoms with Crippen molar-refractivity contribution in [2.45, 2.75) is 27.2 Å². The maximum absolute atomic E-state index is 8.64. The highest BCUT2D eigenvalue weighted by molar-refractivity contribution is 5.33. The van der Waals surface area contributed by atoms with Gasteiger partial charge in [-0.25, -0.2) is 0 Å². The van der Waals surface area contributed by atoms with Gasteiger partial charge in [0.25, 0.3) is 0 Å². The Morgan fingerprint density at radius 3 is 2.14 bits per heavy atom. The molecule has 0 unspecified atom stereocenters. The van der Waals surface area contributed by atoms with Crippen LogP contribution in [0.1, 0.15) is 31.9 Å². The lowest BCUT2D eigenvalue weighted by atomic mass is 10.0. The first-order valence-electron chi connectivity index (χ1n) is 4.75. The van der Waals surface area contributed by atoms with E-state index in [1.54, 1.807) is 0 Å². The van der Waals surface area contributed by atoms with Gasteiger partial charge in [-0.2, -0.15) is 5.26 Å². The summed E-state index contributed by atoms with van der Waals surface area (Å²) in [6.07, 6.45) is 0.980. The number of allylic oxidation sites excluding steroid dienone is 2. The molecule has 0 N–H and O–H groups in total. The molecule has 0 aliphatic rings. The molecule has 0 aromatic heterocycles. The van der Waals surface area contributed by atoms with Crippen LogP contribution in [0.25, 0.3) is 0 Å². The highest BCUT2D eigenvalue weighted by Gasteiger charge is 1.96. The lowest BCUT2D eigenvalue weighted by molar-refractivity contribution is 1.09. The van der Waals surface area contributed by atoms with Gasteiger partial charge in [0.1, 0.15) is 0 Å². The van der Waals surface area contributed by atoms with E-state index >= 15 is 0 Å². The van der Waals surface area contributed by atoms with E-state index in [1.807, 2.05) is 24.3 Å². The fourth-order valence-electron chi connectivity index (χ4n) is 1.18. The molecule has 0 radical (unpaired) electrons. The Hall–Kier alpha value is -1.55. The number of hydrogen-bond acceptors (Lipinski definition) is 1. The Morgan fingerprint density at radius 2 is 1.71 bits per heavy atom. The number of nitriles is 1. The third-order valence-corrected chi connectivity index (χ3v) is 2.41. The smallest absolute Gasteiger partial charge is 0.0991 e. The van der Waals surface area contributed by atoms with Crippen LogP contribution in [0.5, 0.6) is 0 Å². The molecule has 0 bridgehead atoms. The zero-order valence-corrected chi connectivity index (χ0v) is 8.96. The zero-order valence-electron chi connectivity index (χ0n) is 8.96. The average molecular weight is 185 g/mol. The largest absolute Gasteiger partial charge is 0.192 e. The minimum absolute atomic E-state index is 0.726. The van der Waals surface area contributed by atoms with Crippen LogP contribution in [0.15, 0.2) is 35.4 Å². The van der Waals surface area contributed by atoms with Crippen molar-refractivity contribution in [2.75, 3.05) is 0 Å². The van der Waals surface area contributed by atoms with Crippen molar-refractivity contribution >= 4 is 0 Å². The Balaban J connectivity index is 2.81. The predicted octanol–water partition coefficient (Wildman–Crippen LogP) is 3.46. The van der Waals surface area contributed by atoms with Crippen molar-refractivity contribution in [3.63, 3.8) is 0 Å². The quantitative estimate of drug-likeness (QED) is 0.647. The Bertz CT molecular complexity index is 373. The molecule has 14 heavy (non-hydrogen) atoms. The van der Waals surface area contributed by atoms with Crippen molar-refractivity contribution in [2.24, 2.45) is 0 Å². The van der Waals surface area contributed by atoms with Gasteiger partial charge in [0.15, 0.2) is 0 Å². The lowest BCUT2D eigenvalue weighted by Crippen LogP contribution is -1.89. The molecule has 72 valence electrons. The molecule has 1 aromatic carbocycles. The van der Waals surface area contributed by atoms with Crippen LogP contribution in [0.4, 0.5) is 0 Å². The maximum atomic E-state index is 8.64. The molecule has 0 heterocycles. The molecule has 0 atom stereocenters. The third-order valence-electron chi connectivity index (χ3n) is 2.41. The summed E-state index contributed by atoms with van der Waals surface area (Å²) in [6.45, 7) is 6.39. The zero-order chi connectivity index (χ0) is 10.6. The van der Waals surface area contributed by atoms with Crippen molar-refractivity contribution < 1.29 is 0 Å². The Kier molecular flexibility index (Phi) is 3.48. The van der Waals surface area contributed by atoms with Gasteiger partial charge in [-0.3, -0.25) is 0 Å². The molecule has 0 aliphatic carbocycles. The molecule has 0 aliphatic heterocycles. The van der Waals surface area contributed by atoms with Crippen LogP contribution < -0.4 is 0 Å². The second kappa shape index (κ2) is 4.62. The van der Waals surface area contributed by atoms with E-state index in [4.69, 9.17) is 5.26 Å². The summed E-state index contributed by atoms with van der Waals surface area (Å²) in [4.78, 5) is 0. The average Bonchev–Trinajstić information content (AvgIpc) is 2.19. The van der Waals surface area contributed by atoms with E-state index in [9.17, 15) is 0 Å². The molecular weight excluding hydrogens is 170 g/mol. The molecule has 1 heteroatoms. The van der Waals surface area contributed by atoms with Crippen LogP contribution in [0.3, 0.4) is 0 Å². The first kappa shape index (κ1) is 10.5. The summed E-state index contributed by atoms with van der Waals surface area (Å²) in [7, 11) is 0. The topological polar surface area (TPSA) is 23.8 Å². The summed E-state index contributed by atoms with van der Waals surface area (Å²) in [5.41, 5.74) is 4.76.